The molecule has 2 aromatic rings. The highest BCUT2D eigenvalue weighted by Crippen LogP contribution is 2.42. The quantitative estimate of drug-likeness (QED) is 0.672. The van der Waals surface area contributed by atoms with E-state index in [9.17, 15) is 9.50 Å². The van der Waals surface area contributed by atoms with Crippen LogP contribution in [-0.4, -0.2) is 54.2 Å². The van der Waals surface area contributed by atoms with Gasteiger partial charge in [-0.3, -0.25) is 4.57 Å². The van der Waals surface area contributed by atoms with Gasteiger partial charge in [0.05, 0.1) is 12.9 Å². The number of imidazole rings is 1. The van der Waals surface area contributed by atoms with Gasteiger partial charge in [-0.2, -0.15) is 0 Å². The fourth-order valence-corrected chi connectivity index (χ4v) is 2.40. The molecule has 0 unspecified atom stereocenters. The normalized spacial score (nSPS) is 33.9. The van der Waals surface area contributed by atoms with Crippen molar-refractivity contribution in [2.75, 3.05) is 12.3 Å². The Bertz CT molecular complexity index is 646. The summed E-state index contributed by atoms with van der Waals surface area (Å²) in [6.07, 6.45) is -1.06. The maximum absolute atomic E-state index is 14.7. The number of nitrogen functional groups attached to an aromatic ring is 1. The maximum atomic E-state index is 14.7. The lowest BCUT2D eigenvalue weighted by Gasteiger charge is -2.24. The van der Waals surface area contributed by atoms with E-state index in [4.69, 9.17) is 15.6 Å². The molecule has 4 atom stereocenters. The van der Waals surface area contributed by atoms with E-state index in [0.717, 1.165) is 0 Å². The van der Waals surface area contributed by atoms with Crippen LogP contribution in [0.15, 0.2) is 12.7 Å². The molecule has 1 aliphatic rings. The van der Waals surface area contributed by atoms with Crippen molar-refractivity contribution in [3.8, 4) is 0 Å². The third-order valence-electron chi connectivity index (χ3n) is 3.54. The Morgan fingerprint density at radius 1 is 1.50 bits per heavy atom. The molecule has 108 valence electrons. The Morgan fingerprint density at radius 2 is 2.25 bits per heavy atom. The van der Waals surface area contributed by atoms with Gasteiger partial charge in [0.15, 0.2) is 23.4 Å². The average molecular weight is 283 g/mol. The average Bonchev–Trinajstić information content (AvgIpc) is 2.92. The minimum atomic E-state index is -2.10. The largest absolute Gasteiger partial charge is 0.394 e. The Balaban J connectivity index is 2.10. The zero-order valence-corrected chi connectivity index (χ0v) is 10.6. The summed E-state index contributed by atoms with van der Waals surface area (Å²) in [6.45, 7) is 0.718. The molecular weight excluding hydrogens is 269 g/mol. The highest BCUT2D eigenvalue weighted by molar-refractivity contribution is 5.81. The molecule has 3 heterocycles. The van der Waals surface area contributed by atoms with Gasteiger partial charge in [0.2, 0.25) is 0 Å². The molecule has 0 saturated carbocycles. The first-order chi connectivity index (χ1) is 9.46. The van der Waals surface area contributed by atoms with E-state index in [-0.39, 0.29) is 5.82 Å². The molecule has 20 heavy (non-hydrogen) atoms. The Kier molecular flexibility index (Phi) is 2.85. The van der Waals surface area contributed by atoms with E-state index in [1.54, 1.807) is 0 Å². The number of anilines is 1. The molecule has 0 spiro atoms. The van der Waals surface area contributed by atoms with Crippen LogP contribution in [0, 0.1) is 0 Å². The predicted octanol–water partition coefficient (Wildman–Crippen LogP) is -0.613. The van der Waals surface area contributed by atoms with Gasteiger partial charge in [-0.1, -0.05) is 0 Å². The summed E-state index contributed by atoms with van der Waals surface area (Å²) in [5.41, 5.74) is 4.20. The van der Waals surface area contributed by atoms with Crippen LogP contribution in [-0.2, 0) is 4.74 Å². The number of aromatic nitrogens is 4. The molecule has 0 bridgehead atoms. The van der Waals surface area contributed by atoms with Crippen molar-refractivity contribution in [1.82, 2.24) is 19.5 Å². The zero-order chi connectivity index (χ0) is 14.5. The molecule has 0 aromatic carbocycles. The number of halogens is 1. The molecule has 1 fully saturated rings. The second-order valence-electron chi connectivity index (χ2n) is 4.89. The molecule has 4 N–H and O–H groups in total. The van der Waals surface area contributed by atoms with Crippen LogP contribution in [0.3, 0.4) is 0 Å². The zero-order valence-electron chi connectivity index (χ0n) is 10.6. The van der Waals surface area contributed by atoms with Crippen molar-refractivity contribution in [3.63, 3.8) is 0 Å². The van der Waals surface area contributed by atoms with Crippen molar-refractivity contribution in [2.45, 2.75) is 31.0 Å². The monoisotopic (exact) mass is 283 g/mol. The van der Waals surface area contributed by atoms with Gasteiger partial charge < -0.3 is 20.7 Å². The van der Waals surface area contributed by atoms with E-state index in [0.29, 0.717) is 11.2 Å². The van der Waals surface area contributed by atoms with E-state index in [1.807, 2.05) is 0 Å². The van der Waals surface area contributed by atoms with Crippen LogP contribution in [0.2, 0.25) is 0 Å². The molecule has 1 aliphatic heterocycles. The first-order valence-corrected chi connectivity index (χ1v) is 6.03. The molecule has 9 heteroatoms. The van der Waals surface area contributed by atoms with Gasteiger partial charge in [0, 0.05) is 0 Å². The van der Waals surface area contributed by atoms with Gasteiger partial charge in [0.1, 0.15) is 24.1 Å². The molecule has 2 aromatic heterocycles. The Labute approximate surface area is 113 Å². The summed E-state index contributed by atoms with van der Waals surface area (Å²) in [4.78, 5) is 11.8. The summed E-state index contributed by atoms with van der Waals surface area (Å²) >= 11 is 0. The number of rotatable bonds is 2. The highest BCUT2D eigenvalue weighted by atomic mass is 19.1. The Hall–Kier alpha value is -1.84. The van der Waals surface area contributed by atoms with Crippen LogP contribution >= 0.6 is 0 Å². The second-order valence-corrected chi connectivity index (χ2v) is 4.89. The molecular formula is C11H14FN5O3. The Morgan fingerprint density at radius 3 is 2.90 bits per heavy atom. The van der Waals surface area contributed by atoms with Crippen LogP contribution in [0.1, 0.15) is 13.2 Å². The van der Waals surface area contributed by atoms with Crippen molar-refractivity contribution in [1.29, 1.82) is 0 Å². The fourth-order valence-electron chi connectivity index (χ4n) is 2.40. The first kappa shape index (κ1) is 13.2. The molecule has 0 amide bonds. The first-order valence-electron chi connectivity index (χ1n) is 6.03. The van der Waals surface area contributed by atoms with Crippen molar-refractivity contribution in [2.24, 2.45) is 0 Å². The van der Waals surface area contributed by atoms with E-state index in [2.05, 4.69) is 15.0 Å². The minimum Gasteiger partial charge on any atom is -0.394 e. The third-order valence-corrected chi connectivity index (χ3v) is 3.54. The van der Waals surface area contributed by atoms with Gasteiger partial charge in [-0.15, -0.1) is 0 Å². The third kappa shape index (κ3) is 1.67. The van der Waals surface area contributed by atoms with Crippen LogP contribution in [0.5, 0.6) is 0 Å². The number of nitrogens with zero attached hydrogens (tertiary/aromatic N) is 4. The van der Waals surface area contributed by atoms with Gasteiger partial charge in [0.25, 0.3) is 0 Å². The molecule has 8 nitrogen and oxygen atoms in total. The number of fused-ring (bicyclic) bond motifs is 1. The molecule has 1 saturated heterocycles. The fraction of sp³-hybridized carbons (Fsp3) is 0.545. The van der Waals surface area contributed by atoms with E-state index >= 15 is 0 Å². The van der Waals surface area contributed by atoms with E-state index in [1.165, 1.54) is 24.1 Å². The highest BCUT2D eigenvalue weighted by Gasteiger charge is 2.55. The van der Waals surface area contributed by atoms with Gasteiger partial charge in [-0.25, -0.2) is 19.3 Å². The number of aliphatic hydroxyl groups excluding tert-OH is 2. The van der Waals surface area contributed by atoms with Crippen molar-refractivity contribution >= 4 is 17.0 Å². The second kappa shape index (κ2) is 4.33. The number of ether oxygens (including phenoxy) is 1. The maximum Gasteiger partial charge on any atom is 0.181 e. The smallest absolute Gasteiger partial charge is 0.181 e. The lowest BCUT2D eigenvalue weighted by Crippen LogP contribution is -2.40. The topological polar surface area (TPSA) is 119 Å². The van der Waals surface area contributed by atoms with Crippen LogP contribution in [0.4, 0.5) is 10.2 Å². The standard InChI is InChI=1S/C11H14FN5O3/c1-11(12)7(19)5(2-18)20-10(11)17-4-16-6-8(13)14-3-15-9(6)17/h3-5,7,10,18-19H,2H2,1H3,(H2,13,14,15)/t5-,7-,10-,11+/m1/s1. The number of hydrogen-bond acceptors (Lipinski definition) is 7. The van der Waals surface area contributed by atoms with Crippen molar-refractivity contribution < 1.29 is 19.3 Å². The molecule has 3 rings (SSSR count). The van der Waals surface area contributed by atoms with Gasteiger partial charge in [-0.05, 0) is 6.92 Å². The number of alkyl halides is 1. The summed E-state index contributed by atoms with van der Waals surface area (Å²) in [7, 11) is 0. The van der Waals surface area contributed by atoms with Crippen LogP contribution < -0.4 is 5.73 Å². The van der Waals surface area contributed by atoms with Crippen molar-refractivity contribution in [3.05, 3.63) is 12.7 Å². The number of nitrogens with two attached hydrogens (primary N) is 1. The number of hydrogen-bond donors (Lipinski definition) is 3. The molecule has 0 radical (unpaired) electrons. The minimum absolute atomic E-state index is 0.173. The summed E-state index contributed by atoms with van der Waals surface area (Å²) in [5, 5.41) is 19.0. The SMILES string of the molecule is C[C@]1(F)[C@H](O)[C@@H](CO)O[C@H]1n1cnc2c(N)ncnc21. The lowest BCUT2D eigenvalue weighted by atomic mass is 9.98. The van der Waals surface area contributed by atoms with Gasteiger partial charge >= 0.3 is 0 Å². The lowest BCUT2D eigenvalue weighted by molar-refractivity contribution is -0.0566. The molecule has 0 aliphatic carbocycles. The number of aliphatic hydroxyl groups is 2. The predicted molar refractivity (Wildman–Crippen MR) is 66.3 cm³/mol. The summed E-state index contributed by atoms with van der Waals surface area (Å²) in [6, 6.07) is 0. The summed E-state index contributed by atoms with van der Waals surface area (Å²) < 4.78 is 21.4. The summed E-state index contributed by atoms with van der Waals surface area (Å²) in [5.74, 6) is 0.173. The van der Waals surface area contributed by atoms with Crippen LogP contribution in [0.25, 0.3) is 11.2 Å². The van der Waals surface area contributed by atoms with E-state index < -0.39 is 30.7 Å².